The predicted molar refractivity (Wildman–Crippen MR) is 99.7 cm³/mol. The minimum atomic E-state index is -0.305. The summed E-state index contributed by atoms with van der Waals surface area (Å²) in [5.74, 6) is -0.532. The van der Waals surface area contributed by atoms with Crippen molar-refractivity contribution in [1.29, 1.82) is 0 Å². The van der Waals surface area contributed by atoms with Gasteiger partial charge in [-0.3, -0.25) is 9.59 Å². The number of phenolic OH excluding ortho intramolecular Hbond substituents is 2. The number of phenols is 2. The molecule has 6 nitrogen and oxygen atoms in total. The van der Waals surface area contributed by atoms with Crippen LogP contribution in [-0.4, -0.2) is 44.9 Å². The summed E-state index contributed by atoms with van der Waals surface area (Å²) in [6.45, 7) is 4.18. The van der Waals surface area contributed by atoms with Gasteiger partial charge >= 0.3 is 0 Å². The molecular weight excluding hydrogens is 344 g/mol. The smallest absolute Gasteiger partial charge is 0.258 e. The number of hydrogen-bond acceptors (Lipinski definition) is 4. The number of carbonyl (C=O) groups is 2. The summed E-state index contributed by atoms with van der Waals surface area (Å²) >= 11 is 0. The van der Waals surface area contributed by atoms with Crippen molar-refractivity contribution in [2.45, 2.75) is 32.9 Å². The SMILES string of the molecule is CCc1cc(C(=O)N2Cc3cccc(C(=O)N4CCC4)c3C2)c(O)cc1O. The van der Waals surface area contributed by atoms with Crippen LogP contribution in [0.2, 0.25) is 0 Å². The Morgan fingerprint density at radius 2 is 1.70 bits per heavy atom. The summed E-state index contributed by atoms with van der Waals surface area (Å²) in [7, 11) is 0. The molecule has 0 aromatic heterocycles. The highest BCUT2D eigenvalue weighted by atomic mass is 16.3. The number of rotatable bonds is 3. The van der Waals surface area contributed by atoms with Gasteiger partial charge in [0.25, 0.3) is 11.8 Å². The number of hydrogen-bond donors (Lipinski definition) is 2. The van der Waals surface area contributed by atoms with Gasteiger partial charge < -0.3 is 20.0 Å². The molecule has 0 radical (unpaired) electrons. The molecule has 0 atom stereocenters. The maximum atomic E-state index is 13.0. The Labute approximate surface area is 157 Å². The highest BCUT2D eigenvalue weighted by Gasteiger charge is 2.31. The first-order valence-corrected chi connectivity index (χ1v) is 9.23. The molecule has 2 aromatic carbocycles. The van der Waals surface area contributed by atoms with Crippen molar-refractivity contribution in [3.63, 3.8) is 0 Å². The third-order valence-electron chi connectivity index (χ3n) is 5.45. The molecule has 0 saturated carbocycles. The summed E-state index contributed by atoms with van der Waals surface area (Å²) < 4.78 is 0. The monoisotopic (exact) mass is 366 g/mol. The van der Waals surface area contributed by atoms with E-state index in [2.05, 4.69) is 0 Å². The molecule has 0 spiro atoms. The fourth-order valence-corrected chi connectivity index (χ4v) is 3.70. The molecule has 6 heteroatoms. The number of aromatic hydroxyl groups is 2. The van der Waals surface area contributed by atoms with Gasteiger partial charge in [-0.2, -0.15) is 0 Å². The number of aryl methyl sites for hydroxylation is 1. The van der Waals surface area contributed by atoms with E-state index in [1.807, 2.05) is 30.0 Å². The summed E-state index contributed by atoms with van der Waals surface area (Å²) in [5, 5.41) is 20.0. The van der Waals surface area contributed by atoms with E-state index in [1.54, 1.807) is 11.0 Å². The van der Waals surface area contributed by atoms with Crippen LogP contribution in [0, 0.1) is 0 Å². The van der Waals surface area contributed by atoms with Crippen molar-refractivity contribution in [2.75, 3.05) is 13.1 Å². The Morgan fingerprint density at radius 3 is 2.37 bits per heavy atom. The molecule has 1 saturated heterocycles. The van der Waals surface area contributed by atoms with Crippen molar-refractivity contribution < 1.29 is 19.8 Å². The maximum absolute atomic E-state index is 13.0. The number of amides is 2. The van der Waals surface area contributed by atoms with Crippen LogP contribution in [0.4, 0.5) is 0 Å². The third-order valence-corrected chi connectivity index (χ3v) is 5.45. The Kier molecular flexibility index (Phi) is 4.26. The molecule has 4 rings (SSSR count). The molecule has 0 aliphatic carbocycles. The summed E-state index contributed by atoms with van der Waals surface area (Å²) in [5.41, 5.74) is 3.29. The van der Waals surface area contributed by atoms with Gasteiger partial charge in [-0.15, -0.1) is 0 Å². The van der Waals surface area contributed by atoms with Crippen LogP contribution >= 0.6 is 0 Å². The second kappa shape index (κ2) is 6.61. The van der Waals surface area contributed by atoms with E-state index in [0.717, 1.165) is 30.6 Å². The Morgan fingerprint density at radius 1 is 0.963 bits per heavy atom. The van der Waals surface area contributed by atoms with Crippen LogP contribution in [0.1, 0.15) is 50.8 Å². The van der Waals surface area contributed by atoms with Gasteiger partial charge in [-0.05, 0) is 41.7 Å². The second-order valence-corrected chi connectivity index (χ2v) is 7.10. The lowest BCUT2D eigenvalue weighted by Crippen LogP contribution is -2.42. The number of nitrogens with zero attached hydrogens (tertiary/aromatic N) is 2. The van der Waals surface area contributed by atoms with E-state index in [1.165, 1.54) is 6.07 Å². The molecule has 140 valence electrons. The van der Waals surface area contributed by atoms with Crippen LogP contribution in [0.5, 0.6) is 11.5 Å². The van der Waals surface area contributed by atoms with Gasteiger partial charge in [0.1, 0.15) is 11.5 Å². The van der Waals surface area contributed by atoms with E-state index >= 15 is 0 Å². The van der Waals surface area contributed by atoms with Crippen LogP contribution in [0.3, 0.4) is 0 Å². The molecule has 2 aliphatic rings. The summed E-state index contributed by atoms with van der Waals surface area (Å²) in [6, 6.07) is 8.37. The molecule has 1 fully saturated rings. The molecule has 2 N–H and O–H groups in total. The maximum Gasteiger partial charge on any atom is 0.258 e. The van der Waals surface area contributed by atoms with Crippen LogP contribution < -0.4 is 0 Å². The highest BCUT2D eigenvalue weighted by Crippen LogP contribution is 2.33. The van der Waals surface area contributed by atoms with Gasteiger partial charge in [0.15, 0.2) is 0 Å². The third kappa shape index (κ3) is 2.91. The average Bonchev–Trinajstić information content (AvgIpc) is 3.04. The van der Waals surface area contributed by atoms with Crippen molar-refractivity contribution in [3.8, 4) is 11.5 Å². The van der Waals surface area contributed by atoms with Gasteiger partial charge in [-0.1, -0.05) is 19.1 Å². The molecular formula is C21H22N2O4. The van der Waals surface area contributed by atoms with Crippen LogP contribution in [-0.2, 0) is 19.5 Å². The lowest BCUT2D eigenvalue weighted by molar-refractivity contribution is 0.0646. The predicted octanol–water partition coefficient (Wildman–Crippen LogP) is 2.66. The summed E-state index contributed by atoms with van der Waals surface area (Å²) in [4.78, 5) is 29.1. The molecule has 27 heavy (non-hydrogen) atoms. The van der Waals surface area contributed by atoms with E-state index in [4.69, 9.17) is 0 Å². The van der Waals surface area contributed by atoms with E-state index in [-0.39, 0.29) is 28.9 Å². The first kappa shape index (κ1) is 17.4. The fraction of sp³-hybridized carbons (Fsp3) is 0.333. The molecule has 0 bridgehead atoms. The first-order chi connectivity index (χ1) is 13.0. The molecule has 2 aromatic rings. The second-order valence-electron chi connectivity index (χ2n) is 7.10. The normalized spacial score (nSPS) is 15.4. The lowest BCUT2D eigenvalue weighted by Gasteiger charge is -2.31. The van der Waals surface area contributed by atoms with E-state index in [9.17, 15) is 19.8 Å². The topological polar surface area (TPSA) is 81.1 Å². The number of likely N-dealkylation sites (tertiary alicyclic amines) is 1. The van der Waals surface area contributed by atoms with Gasteiger partial charge in [0.05, 0.1) is 5.56 Å². The zero-order valence-electron chi connectivity index (χ0n) is 15.2. The molecule has 2 heterocycles. The minimum Gasteiger partial charge on any atom is -0.508 e. The standard InChI is InChI=1S/C21H22N2O4/c1-2-13-9-16(19(25)10-18(13)24)21(27)23-11-14-5-3-6-15(17(14)12-23)20(26)22-7-4-8-22/h3,5-6,9-10,24-25H,2,4,7-8,11-12H2,1H3. The Balaban J connectivity index is 1.62. The molecule has 0 unspecified atom stereocenters. The Hall–Kier alpha value is -3.02. The van der Waals surface area contributed by atoms with Crippen molar-refractivity contribution in [3.05, 3.63) is 58.1 Å². The zero-order chi connectivity index (χ0) is 19.1. The van der Waals surface area contributed by atoms with Crippen LogP contribution in [0.25, 0.3) is 0 Å². The zero-order valence-corrected chi connectivity index (χ0v) is 15.2. The number of carbonyl (C=O) groups excluding carboxylic acids is 2. The number of benzene rings is 2. The van der Waals surface area contributed by atoms with Gasteiger partial charge in [0, 0.05) is 37.8 Å². The lowest BCUT2D eigenvalue weighted by atomic mass is 10.0. The van der Waals surface area contributed by atoms with E-state index in [0.29, 0.717) is 30.6 Å². The first-order valence-electron chi connectivity index (χ1n) is 9.23. The minimum absolute atomic E-state index is 0.0151. The quantitative estimate of drug-likeness (QED) is 0.875. The number of fused-ring (bicyclic) bond motifs is 1. The average molecular weight is 366 g/mol. The van der Waals surface area contributed by atoms with Crippen molar-refractivity contribution in [2.24, 2.45) is 0 Å². The van der Waals surface area contributed by atoms with Crippen molar-refractivity contribution >= 4 is 11.8 Å². The highest BCUT2D eigenvalue weighted by molar-refractivity contribution is 5.99. The fourth-order valence-electron chi connectivity index (χ4n) is 3.70. The summed E-state index contributed by atoms with van der Waals surface area (Å²) in [6.07, 6.45) is 1.59. The Bertz CT molecular complexity index is 934. The van der Waals surface area contributed by atoms with Crippen molar-refractivity contribution in [1.82, 2.24) is 9.80 Å². The molecule has 2 aliphatic heterocycles. The molecule has 2 amide bonds. The van der Waals surface area contributed by atoms with Gasteiger partial charge in [0.2, 0.25) is 0 Å². The van der Waals surface area contributed by atoms with E-state index < -0.39 is 0 Å². The largest absolute Gasteiger partial charge is 0.508 e. The van der Waals surface area contributed by atoms with Crippen LogP contribution in [0.15, 0.2) is 30.3 Å². The van der Waals surface area contributed by atoms with Gasteiger partial charge in [-0.25, -0.2) is 0 Å².